The Labute approximate surface area is 191 Å². The molecule has 176 valence electrons. The number of aryl methyl sites for hydroxylation is 1. The Balaban J connectivity index is 1.31. The zero-order chi connectivity index (χ0) is 23.5. The maximum absolute atomic E-state index is 13.7. The summed E-state index contributed by atoms with van der Waals surface area (Å²) in [5.74, 6) is -1.25. The van der Waals surface area contributed by atoms with Gasteiger partial charge in [0.1, 0.15) is 17.4 Å². The minimum Gasteiger partial charge on any atom is -0.493 e. The zero-order valence-electron chi connectivity index (χ0n) is 18.6. The van der Waals surface area contributed by atoms with Gasteiger partial charge >= 0.3 is 0 Å². The van der Waals surface area contributed by atoms with Crippen LogP contribution in [0.25, 0.3) is 0 Å². The number of hydrogen-bond donors (Lipinski definition) is 1. The van der Waals surface area contributed by atoms with E-state index in [0.29, 0.717) is 55.3 Å². The third-order valence-electron chi connectivity index (χ3n) is 6.55. The molecule has 2 N–H and O–H groups in total. The third-order valence-corrected chi connectivity index (χ3v) is 6.55. The van der Waals surface area contributed by atoms with Gasteiger partial charge in [0.2, 0.25) is 11.8 Å². The fraction of sp³-hybridized carbons (Fsp3) is 0.440. The quantitative estimate of drug-likeness (QED) is 0.693. The Morgan fingerprint density at radius 3 is 2.42 bits per heavy atom. The summed E-state index contributed by atoms with van der Waals surface area (Å²) < 4.78 is 33.2. The van der Waals surface area contributed by atoms with Crippen molar-refractivity contribution >= 4 is 11.8 Å². The van der Waals surface area contributed by atoms with Crippen molar-refractivity contribution < 1.29 is 27.9 Å². The van der Waals surface area contributed by atoms with Gasteiger partial charge in [-0.2, -0.15) is 0 Å². The van der Waals surface area contributed by atoms with Crippen molar-refractivity contribution in [2.75, 3.05) is 13.2 Å². The molecule has 1 aliphatic heterocycles. The maximum Gasteiger partial charge on any atom is 0.249 e. The highest BCUT2D eigenvalue weighted by molar-refractivity contribution is 5.94. The van der Waals surface area contributed by atoms with E-state index in [1.165, 1.54) is 17.2 Å². The molecule has 1 atom stereocenters. The second kappa shape index (κ2) is 9.87. The topological polar surface area (TPSA) is 81.9 Å². The Hall–Kier alpha value is -3.00. The number of ether oxygens (including phenoxy) is 1. The first kappa shape index (κ1) is 23.2. The molecule has 2 amide bonds. The van der Waals surface area contributed by atoms with E-state index in [2.05, 4.69) is 0 Å². The fourth-order valence-corrected chi connectivity index (χ4v) is 4.68. The van der Waals surface area contributed by atoms with E-state index in [0.717, 1.165) is 24.5 Å². The van der Waals surface area contributed by atoms with E-state index in [-0.39, 0.29) is 11.8 Å². The molecule has 8 heteroatoms. The summed E-state index contributed by atoms with van der Waals surface area (Å²) in [6, 6.07) is 8.13. The molecule has 0 unspecified atom stereocenters. The first-order chi connectivity index (χ1) is 15.8. The van der Waals surface area contributed by atoms with E-state index in [4.69, 9.17) is 15.3 Å². The molecule has 4 rings (SSSR count). The molecule has 0 spiro atoms. The van der Waals surface area contributed by atoms with Crippen LogP contribution in [0.15, 0.2) is 36.4 Å². The van der Waals surface area contributed by atoms with E-state index in [9.17, 15) is 18.4 Å². The normalized spacial score (nSPS) is 22.9. The molecule has 1 saturated heterocycles. The summed E-state index contributed by atoms with van der Waals surface area (Å²) in [6.07, 6.45) is 3.52. The van der Waals surface area contributed by atoms with Crippen LogP contribution in [-0.4, -0.2) is 30.1 Å². The van der Waals surface area contributed by atoms with Crippen molar-refractivity contribution in [2.45, 2.75) is 45.1 Å². The maximum atomic E-state index is 13.7. The average molecular weight is 459 g/mol. The van der Waals surface area contributed by atoms with Crippen LogP contribution >= 0.6 is 0 Å². The van der Waals surface area contributed by atoms with Gasteiger partial charge < -0.3 is 10.5 Å². The molecule has 2 aromatic carbocycles. The van der Waals surface area contributed by atoms with Gasteiger partial charge in [-0.15, -0.1) is 0 Å². The lowest BCUT2D eigenvalue weighted by Gasteiger charge is -2.32. The van der Waals surface area contributed by atoms with Crippen LogP contribution in [-0.2, 0) is 9.63 Å². The minimum absolute atomic E-state index is 0.133. The lowest BCUT2D eigenvalue weighted by molar-refractivity contribution is -0.183. The average Bonchev–Trinajstić information content (AvgIpc) is 3.27. The Morgan fingerprint density at radius 1 is 1.06 bits per heavy atom. The van der Waals surface area contributed by atoms with E-state index in [1.807, 2.05) is 19.1 Å². The first-order valence-electron chi connectivity index (χ1n) is 11.3. The van der Waals surface area contributed by atoms with E-state index >= 15 is 0 Å². The molecule has 6 nitrogen and oxygen atoms in total. The molecule has 33 heavy (non-hydrogen) atoms. The molecule has 0 bridgehead atoms. The van der Waals surface area contributed by atoms with Crippen molar-refractivity contribution in [1.82, 2.24) is 5.06 Å². The molecule has 0 radical (unpaired) electrons. The second-order valence-corrected chi connectivity index (χ2v) is 8.87. The SMILES string of the molecule is Cc1ccc(OC[C@H]2CC[C@H](C(=O)N3OCC[C@H]3c3cc(F)cc(F)c3)CC2)cc1C(N)=O. The number of nitrogens with two attached hydrogens (primary N) is 1. The second-order valence-electron chi connectivity index (χ2n) is 8.87. The number of rotatable bonds is 6. The van der Waals surface area contributed by atoms with E-state index < -0.39 is 23.6 Å². The minimum atomic E-state index is -0.665. The summed E-state index contributed by atoms with van der Waals surface area (Å²) in [5, 5.41) is 1.31. The number of amides is 2. The van der Waals surface area contributed by atoms with Gasteiger partial charge in [0.25, 0.3) is 0 Å². The van der Waals surface area contributed by atoms with Gasteiger partial charge in [0.15, 0.2) is 0 Å². The van der Waals surface area contributed by atoms with Crippen LogP contribution in [0.4, 0.5) is 8.78 Å². The molecule has 2 fully saturated rings. The number of carbonyl (C=O) groups excluding carboxylic acids is 2. The number of hydroxylamine groups is 2. The highest BCUT2D eigenvalue weighted by Gasteiger charge is 2.37. The Morgan fingerprint density at radius 2 is 1.76 bits per heavy atom. The zero-order valence-corrected chi connectivity index (χ0v) is 18.6. The van der Waals surface area contributed by atoms with Gasteiger partial charge in [-0.05, 0) is 73.9 Å². The van der Waals surface area contributed by atoms with Gasteiger partial charge in [-0.1, -0.05) is 6.07 Å². The number of halogens is 2. The smallest absolute Gasteiger partial charge is 0.249 e. The third kappa shape index (κ3) is 5.33. The van der Waals surface area contributed by atoms with Crippen molar-refractivity contribution in [3.8, 4) is 5.75 Å². The Kier molecular flexibility index (Phi) is 6.93. The summed E-state index contributed by atoms with van der Waals surface area (Å²) in [7, 11) is 0. The van der Waals surface area contributed by atoms with Crippen LogP contribution in [0, 0.1) is 30.4 Å². The van der Waals surface area contributed by atoms with Crippen molar-refractivity contribution in [3.63, 3.8) is 0 Å². The lowest BCUT2D eigenvalue weighted by Crippen LogP contribution is -2.37. The summed E-state index contributed by atoms with van der Waals surface area (Å²) in [4.78, 5) is 30.2. The largest absolute Gasteiger partial charge is 0.493 e. The van der Waals surface area contributed by atoms with Gasteiger partial charge in [-0.3, -0.25) is 14.4 Å². The van der Waals surface area contributed by atoms with Crippen LogP contribution < -0.4 is 10.5 Å². The predicted octanol–water partition coefficient (Wildman–Crippen LogP) is 4.46. The van der Waals surface area contributed by atoms with Gasteiger partial charge in [-0.25, -0.2) is 13.8 Å². The van der Waals surface area contributed by atoms with Crippen LogP contribution in [0.5, 0.6) is 5.75 Å². The van der Waals surface area contributed by atoms with Crippen molar-refractivity contribution in [3.05, 3.63) is 64.7 Å². The number of primary amides is 1. The van der Waals surface area contributed by atoms with Crippen molar-refractivity contribution in [2.24, 2.45) is 17.6 Å². The first-order valence-corrected chi connectivity index (χ1v) is 11.3. The molecule has 1 aliphatic carbocycles. The molecular weight excluding hydrogens is 430 g/mol. The van der Waals surface area contributed by atoms with Crippen LogP contribution in [0.1, 0.15) is 59.6 Å². The summed E-state index contributed by atoms with van der Waals surface area (Å²) in [5.41, 5.74) is 7.06. The molecule has 2 aliphatic rings. The standard InChI is InChI=1S/C25H28F2N2O4/c1-15-2-7-21(13-22(15)24(28)30)32-14-16-3-5-17(6-4-16)25(31)29-23(8-9-33-29)18-10-19(26)12-20(27)11-18/h2,7,10-13,16-17,23H,3-6,8-9,14H2,1H3,(H2,28,30)/t16-,17-,23-/m0/s1. The highest BCUT2D eigenvalue weighted by atomic mass is 19.1. The monoisotopic (exact) mass is 458 g/mol. The summed E-state index contributed by atoms with van der Waals surface area (Å²) in [6.45, 7) is 2.65. The fourth-order valence-electron chi connectivity index (χ4n) is 4.68. The molecule has 1 saturated carbocycles. The number of hydrogen-bond acceptors (Lipinski definition) is 4. The van der Waals surface area contributed by atoms with Crippen molar-refractivity contribution in [1.29, 1.82) is 0 Å². The summed E-state index contributed by atoms with van der Waals surface area (Å²) >= 11 is 0. The Bertz CT molecular complexity index is 1020. The van der Waals surface area contributed by atoms with Gasteiger partial charge in [0, 0.05) is 24.0 Å². The van der Waals surface area contributed by atoms with E-state index in [1.54, 1.807) is 6.07 Å². The van der Waals surface area contributed by atoms with Crippen LogP contribution in [0.3, 0.4) is 0 Å². The molecule has 1 heterocycles. The number of benzene rings is 2. The molecular formula is C25H28F2N2O4. The van der Waals surface area contributed by atoms with Crippen LogP contribution in [0.2, 0.25) is 0 Å². The molecule has 0 aromatic heterocycles. The number of carbonyl (C=O) groups is 2. The lowest BCUT2D eigenvalue weighted by atomic mass is 9.81. The molecule has 2 aromatic rings. The highest BCUT2D eigenvalue weighted by Crippen LogP contribution is 2.36. The van der Waals surface area contributed by atoms with Gasteiger partial charge in [0.05, 0.1) is 19.3 Å². The number of nitrogens with zero attached hydrogens (tertiary/aromatic N) is 1. The predicted molar refractivity (Wildman–Crippen MR) is 117 cm³/mol.